The molecule has 4 N–H and O–H groups in total. The molecule has 0 aliphatic heterocycles. The van der Waals surface area contributed by atoms with E-state index in [0.29, 0.717) is 12.8 Å². The molecule has 0 aromatic rings. The minimum atomic E-state index is -3.65. The Morgan fingerprint density at radius 2 is 2.00 bits per heavy atom. The number of hydrogen-bond acceptors (Lipinski definition) is 3. The van der Waals surface area contributed by atoms with Gasteiger partial charge < -0.3 is 0 Å². The second-order valence-corrected chi connectivity index (χ2v) is 6.75. The van der Waals surface area contributed by atoms with E-state index in [2.05, 4.69) is 0 Å². The van der Waals surface area contributed by atoms with Gasteiger partial charge in [0.15, 0.2) is 0 Å². The van der Waals surface area contributed by atoms with Gasteiger partial charge in [-0.3, -0.25) is 25.0 Å². The van der Waals surface area contributed by atoms with Crippen LogP contribution in [-0.4, -0.2) is 17.1 Å². The van der Waals surface area contributed by atoms with Gasteiger partial charge in [0.25, 0.3) is 0 Å². The Morgan fingerprint density at radius 3 is 2.37 bits per heavy atom. The van der Waals surface area contributed by atoms with Crippen molar-refractivity contribution in [3.63, 3.8) is 0 Å². The molecule has 0 spiro atoms. The number of unbranched alkanes of at least 4 members (excludes halogenated alkanes) is 1. The third-order valence-corrected chi connectivity index (χ3v) is 4.30. The molecule has 0 aromatic heterocycles. The molecule has 0 heterocycles. The average molecular weight is 288 g/mol. The van der Waals surface area contributed by atoms with Gasteiger partial charge >= 0.3 is 7.59 Å². The van der Waals surface area contributed by atoms with Gasteiger partial charge in [-0.1, -0.05) is 33.6 Å². The Bertz CT molecular complexity index is 374. The summed E-state index contributed by atoms with van der Waals surface area (Å²) in [6, 6.07) is 1.97. The van der Waals surface area contributed by atoms with E-state index >= 15 is 0 Å². The fraction of sp³-hybridized carbons (Fsp3) is 0.833. The first-order valence-electron chi connectivity index (χ1n) is 6.66. The van der Waals surface area contributed by atoms with Crippen LogP contribution in [0.1, 0.15) is 46.5 Å². The van der Waals surface area contributed by atoms with Gasteiger partial charge in [0.2, 0.25) is 5.91 Å². The number of nitriles is 1. The quantitative estimate of drug-likeness (QED) is 0.665. The van der Waals surface area contributed by atoms with Crippen molar-refractivity contribution in [3.05, 3.63) is 0 Å². The molecule has 0 bridgehead atoms. The molecule has 0 aromatic carbocycles. The molecule has 0 rings (SSSR count). The van der Waals surface area contributed by atoms with E-state index in [9.17, 15) is 9.36 Å². The molecule has 110 valence electrons. The van der Waals surface area contributed by atoms with Gasteiger partial charge in [-0.25, -0.2) is 0 Å². The maximum atomic E-state index is 12.2. The lowest BCUT2D eigenvalue weighted by Gasteiger charge is -2.28. The Labute approximate surface area is 115 Å². The first-order valence-corrected chi connectivity index (χ1v) is 8.46. The SMILES string of the molecule is CCCCN(C(=O)C(C#N)CC(C)CC)P(N)(N)=O. The third-order valence-electron chi connectivity index (χ3n) is 3.14. The number of carbonyl (C=O) groups excluding carboxylic acids is 1. The van der Waals surface area contributed by atoms with Gasteiger partial charge in [0.1, 0.15) is 5.92 Å². The van der Waals surface area contributed by atoms with Crippen LogP contribution in [-0.2, 0) is 9.36 Å². The van der Waals surface area contributed by atoms with E-state index in [1.807, 2.05) is 26.8 Å². The summed E-state index contributed by atoms with van der Waals surface area (Å²) < 4.78 is 12.8. The van der Waals surface area contributed by atoms with Crippen molar-refractivity contribution in [3.8, 4) is 6.07 Å². The lowest BCUT2D eigenvalue weighted by Crippen LogP contribution is -2.39. The molecule has 1 amide bonds. The second kappa shape index (κ2) is 8.31. The molecule has 0 fully saturated rings. The monoisotopic (exact) mass is 288 g/mol. The Kier molecular flexibility index (Phi) is 7.93. The highest BCUT2D eigenvalue weighted by molar-refractivity contribution is 7.57. The highest BCUT2D eigenvalue weighted by Crippen LogP contribution is 2.34. The van der Waals surface area contributed by atoms with Gasteiger partial charge in [-0.15, -0.1) is 0 Å². The predicted octanol–water partition coefficient (Wildman–Crippen LogP) is 2.22. The lowest BCUT2D eigenvalue weighted by molar-refractivity contribution is -0.129. The highest BCUT2D eigenvalue weighted by atomic mass is 31.2. The highest BCUT2D eigenvalue weighted by Gasteiger charge is 2.32. The van der Waals surface area contributed by atoms with Gasteiger partial charge in [-0.05, 0) is 18.8 Å². The number of hydrogen-bond donors (Lipinski definition) is 2. The van der Waals surface area contributed by atoms with Crippen LogP contribution in [0.2, 0.25) is 0 Å². The van der Waals surface area contributed by atoms with Gasteiger partial charge in [-0.2, -0.15) is 5.26 Å². The maximum absolute atomic E-state index is 12.2. The van der Waals surface area contributed by atoms with E-state index in [1.165, 1.54) is 0 Å². The zero-order chi connectivity index (χ0) is 15.1. The minimum absolute atomic E-state index is 0.234. The van der Waals surface area contributed by atoms with Gasteiger partial charge in [0.05, 0.1) is 6.07 Å². The molecule has 7 heteroatoms. The van der Waals surface area contributed by atoms with E-state index in [1.54, 1.807) is 0 Å². The zero-order valence-corrected chi connectivity index (χ0v) is 12.9. The Morgan fingerprint density at radius 1 is 1.42 bits per heavy atom. The molecule has 0 radical (unpaired) electrons. The number of carbonyl (C=O) groups is 1. The van der Waals surface area contributed by atoms with E-state index in [4.69, 9.17) is 16.3 Å². The van der Waals surface area contributed by atoms with Crippen LogP contribution in [0.3, 0.4) is 0 Å². The largest absolute Gasteiger partial charge is 0.302 e. The second-order valence-electron chi connectivity index (χ2n) is 4.92. The van der Waals surface area contributed by atoms with Crippen LogP contribution in [0.25, 0.3) is 0 Å². The van der Waals surface area contributed by atoms with Crippen molar-refractivity contribution >= 4 is 13.5 Å². The summed E-state index contributed by atoms with van der Waals surface area (Å²) in [5.74, 6) is -1.09. The molecule has 0 aliphatic carbocycles. The minimum Gasteiger partial charge on any atom is -0.273 e. The lowest BCUT2D eigenvalue weighted by atomic mass is 9.94. The molecule has 0 saturated carbocycles. The topological polar surface area (TPSA) is 113 Å². The summed E-state index contributed by atoms with van der Waals surface area (Å²) in [5.41, 5.74) is 10.8. The molecular weight excluding hydrogens is 263 g/mol. The maximum Gasteiger partial charge on any atom is 0.302 e. The fourth-order valence-electron chi connectivity index (χ4n) is 1.69. The van der Waals surface area contributed by atoms with Crippen LogP contribution in [0.15, 0.2) is 0 Å². The number of amides is 1. The van der Waals surface area contributed by atoms with Crippen molar-refractivity contribution < 1.29 is 9.36 Å². The molecular formula is C12H25N4O2P. The zero-order valence-electron chi connectivity index (χ0n) is 12.0. The van der Waals surface area contributed by atoms with E-state index in [0.717, 1.165) is 17.5 Å². The van der Waals surface area contributed by atoms with Crippen LogP contribution in [0.4, 0.5) is 0 Å². The van der Waals surface area contributed by atoms with Crippen molar-refractivity contribution in [2.24, 2.45) is 22.8 Å². The van der Waals surface area contributed by atoms with Crippen LogP contribution >= 0.6 is 7.59 Å². The standard InChI is InChI=1S/C12H25N4O2P/c1-4-6-7-16(19(14,15)18)12(17)11(9-13)8-10(3)5-2/h10-11H,4-8H2,1-3H3,(H4,14,15,18). The van der Waals surface area contributed by atoms with Gasteiger partial charge in [0, 0.05) is 6.54 Å². The normalized spacial score (nSPS) is 14.5. The molecule has 0 aliphatic rings. The number of rotatable bonds is 8. The summed E-state index contributed by atoms with van der Waals surface area (Å²) in [5, 5.41) is 9.11. The first-order chi connectivity index (χ1) is 8.77. The van der Waals surface area contributed by atoms with Crippen LogP contribution < -0.4 is 11.0 Å². The fourth-order valence-corrected chi connectivity index (χ4v) is 2.59. The molecule has 0 saturated heterocycles. The van der Waals surface area contributed by atoms with Crippen molar-refractivity contribution in [2.45, 2.75) is 46.5 Å². The average Bonchev–Trinajstić information content (AvgIpc) is 2.34. The molecule has 2 unspecified atom stereocenters. The van der Waals surface area contributed by atoms with Crippen LogP contribution in [0, 0.1) is 23.2 Å². The molecule has 6 nitrogen and oxygen atoms in total. The third kappa shape index (κ3) is 6.20. The summed E-state index contributed by atoms with van der Waals surface area (Å²) in [6.45, 7) is 6.15. The number of nitrogens with two attached hydrogens (primary N) is 2. The van der Waals surface area contributed by atoms with Crippen molar-refractivity contribution in [2.75, 3.05) is 6.54 Å². The Hall–Kier alpha value is -0.890. The van der Waals surface area contributed by atoms with Crippen molar-refractivity contribution in [1.29, 1.82) is 5.26 Å². The van der Waals surface area contributed by atoms with E-state index in [-0.39, 0.29) is 12.5 Å². The summed E-state index contributed by atoms with van der Waals surface area (Å²) in [4.78, 5) is 12.2. The predicted molar refractivity (Wildman–Crippen MR) is 75.8 cm³/mol. The summed E-state index contributed by atoms with van der Waals surface area (Å²) in [7, 11) is -3.65. The smallest absolute Gasteiger partial charge is 0.273 e. The van der Waals surface area contributed by atoms with E-state index < -0.39 is 19.4 Å². The number of nitrogens with zero attached hydrogens (tertiary/aromatic N) is 2. The Balaban J connectivity index is 4.95. The van der Waals surface area contributed by atoms with Crippen molar-refractivity contribution in [1.82, 2.24) is 4.67 Å². The first kappa shape index (κ1) is 18.1. The molecule has 2 atom stereocenters. The molecule has 19 heavy (non-hydrogen) atoms. The summed E-state index contributed by atoms with van der Waals surface area (Å²) in [6.07, 6.45) is 2.80. The van der Waals surface area contributed by atoms with Crippen LogP contribution in [0.5, 0.6) is 0 Å². The summed E-state index contributed by atoms with van der Waals surface area (Å²) >= 11 is 0.